The molecule has 5 heteroatoms. The van der Waals surface area contributed by atoms with E-state index in [2.05, 4.69) is 10.1 Å². The lowest BCUT2D eigenvalue weighted by molar-refractivity contribution is 0.0894. The highest BCUT2D eigenvalue weighted by Gasteiger charge is 2.12. The zero-order valence-corrected chi connectivity index (χ0v) is 13.9. The first-order chi connectivity index (χ1) is 11.6. The van der Waals surface area contributed by atoms with Gasteiger partial charge in [-0.2, -0.15) is 5.10 Å². The minimum absolute atomic E-state index is 0.222. The number of aliphatic hydroxyl groups is 1. The Bertz CT molecular complexity index is 799. The first-order valence-corrected chi connectivity index (χ1v) is 7.94. The van der Waals surface area contributed by atoms with Gasteiger partial charge in [-0.1, -0.05) is 12.1 Å². The van der Waals surface area contributed by atoms with E-state index in [4.69, 9.17) is 4.74 Å². The van der Waals surface area contributed by atoms with E-state index in [1.54, 1.807) is 23.3 Å². The van der Waals surface area contributed by atoms with Crippen LogP contribution in [-0.2, 0) is 6.54 Å². The van der Waals surface area contributed by atoms with E-state index >= 15 is 0 Å². The molecular formula is C19H21N3O2. The first-order valence-electron chi connectivity index (χ1n) is 7.94. The van der Waals surface area contributed by atoms with Crippen LogP contribution in [0.25, 0.3) is 11.3 Å². The maximum atomic E-state index is 10.3. The van der Waals surface area contributed by atoms with Gasteiger partial charge in [-0.15, -0.1) is 0 Å². The van der Waals surface area contributed by atoms with Crippen molar-refractivity contribution >= 4 is 0 Å². The second-order valence-corrected chi connectivity index (χ2v) is 5.87. The number of rotatable bonds is 6. The predicted octanol–water partition coefficient (Wildman–Crippen LogP) is 3.00. The minimum atomic E-state index is -0.648. The van der Waals surface area contributed by atoms with Gasteiger partial charge < -0.3 is 9.84 Å². The molecular weight excluding hydrogens is 302 g/mol. The summed E-state index contributed by atoms with van der Waals surface area (Å²) >= 11 is 0. The second-order valence-electron chi connectivity index (χ2n) is 5.87. The van der Waals surface area contributed by atoms with Crippen molar-refractivity contribution in [2.45, 2.75) is 26.5 Å². The first kappa shape index (κ1) is 16.2. The summed E-state index contributed by atoms with van der Waals surface area (Å²) in [6.45, 7) is 4.61. The lowest BCUT2D eigenvalue weighted by Gasteiger charge is -2.16. The van der Waals surface area contributed by atoms with Crippen molar-refractivity contribution in [3.05, 3.63) is 66.1 Å². The lowest BCUT2D eigenvalue weighted by atomic mass is 10.1. The molecule has 0 aliphatic carbocycles. The number of aryl methyl sites for hydroxylation is 2. The predicted molar refractivity (Wildman–Crippen MR) is 92.9 cm³/mol. The van der Waals surface area contributed by atoms with Crippen molar-refractivity contribution < 1.29 is 9.84 Å². The van der Waals surface area contributed by atoms with Gasteiger partial charge in [-0.05, 0) is 49.2 Å². The van der Waals surface area contributed by atoms with Crippen molar-refractivity contribution in [1.29, 1.82) is 0 Å². The highest BCUT2D eigenvalue weighted by atomic mass is 16.5. The molecule has 0 bridgehead atoms. The Kier molecular flexibility index (Phi) is 4.91. The third-order valence-corrected chi connectivity index (χ3v) is 3.85. The molecule has 1 atom stereocenters. The maximum Gasteiger partial charge on any atom is 0.122 e. The molecule has 5 nitrogen and oxygen atoms in total. The van der Waals surface area contributed by atoms with Crippen molar-refractivity contribution in [3.8, 4) is 17.0 Å². The normalized spacial score (nSPS) is 12.1. The number of hydrogen-bond donors (Lipinski definition) is 1. The van der Waals surface area contributed by atoms with Crippen LogP contribution in [0.5, 0.6) is 5.75 Å². The summed E-state index contributed by atoms with van der Waals surface area (Å²) < 4.78 is 7.56. The van der Waals surface area contributed by atoms with E-state index in [9.17, 15) is 5.11 Å². The molecule has 0 aliphatic rings. The number of ether oxygens (including phenoxy) is 1. The molecule has 0 fully saturated rings. The molecule has 0 saturated carbocycles. The molecule has 124 valence electrons. The summed E-state index contributed by atoms with van der Waals surface area (Å²) in [5.41, 5.74) is 4.16. The van der Waals surface area contributed by atoms with Gasteiger partial charge in [0.2, 0.25) is 0 Å². The molecule has 3 aromatic rings. The monoisotopic (exact) mass is 323 g/mol. The zero-order valence-electron chi connectivity index (χ0n) is 13.9. The Balaban J connectivity index is 1.65. The van der Waals surface area contributed by atoms with Crippen molar-refractivity contribution in [1.82, 2.24) is 14.8 Å². The topological polar surface area (TPSA) is 60.2 Å². The standard InChI is InChI=1S/C19H21N3O2/c1-14-3-4-15(2)19(11-14)24-13-17(23)12-22-18(7-10-21-22)16-5-8-20-9-6-16/h3-11,17,23H,12-13H2,1-2H3/t17-/m0/s1. The van der Waals surface area contributed by atoms with Gasteiger partial charge in [0, 0.05) is 24.2 Å². The fourth-order valence-electron chi connectivity index (χ4n) is 2.55. The summed E-state index contributed by atoms with van der Waals surface area (Å²) in [6, 6.07) is 11.8. The van der Waals surface area contributed by atoms with Gasteiger partial charge in [0.15, 0.2) is 0 Å². The number of hydrogen-bond acceptors (Lipinski definition) is 4. The smallest absolute Gasteiger partial charge is 0.122 e. The van der Waals surface area contributed by atoms with Crippen molar-refractivity contribution in [2.75, 3.05) is 6.61 Å². The molecule has 0 saturated heterocycles. The molecule has 0 radical (unpaired) electrons. The molecule has 1 N–H and O–H groups in total. The van der Waals surface area contributed by atoms with E-state index in [0.717, 1.165) is 28.1 Å². The van der Waals surface area contributed by atoms with Crippen LogP contribution in [0.4, 0.5) is 0 Å². The van der Waals surface area contributed by atoms with Crippen LogP contribution in [-0.4, -0.2) is 32.6 Å². The largest absolute Gasteiger partial charge is 0.491 e. The molecule has 0 spiro atoms. The van der Waals surface area contributed by atoms with Crippen LogP contribution in [0.2, 0.25) is 0 Å². The molecule has 2 aromatic heterocycles. The van der Waals surface area contributed by atoms with Crippen molar-refractivity contribution in [2.24, 2.45) is 0 Å². The number of aromatic nitrogens is 3. The van der Waals surface area contributed by atoms with Crippen LogP contribution in [0, 0.1) is 13.8 Å². The van der Waals surface area contributed by atoms with E-state index in [-0.39, 0.29) is 6.61 Å². The van der Waals surface area contributed by atoms with Crippen molar-refractivity contribution in [3.63, 3.8) is 0 Å². The van der Waals surface area contributed by atoms with Crippen LogP contribution >= 0.6 is 0 Å². The van der Waals surface area contributed by atoms with E-state index in [1.807, 2.05) is 50.2 Å². The Morgan fingerprint density at radius 3 is 2.67 bits per heavy atom. The SMILES string of the molecule is Cc1ccc(C)c(OC[C@@H](O)Cn2nccc2-c2ccncc2)c1. The Morgan fingerprint density at radius 2 is 1.88 bits per heavy atom. The molecule has 0 amide bonds. The van der Waals surface area contributed by atoms with Gasteiger partial charge in [0.1, 0.15) is 18.5 Å². The summed E-state index contributed by atoms with van der Waals surface area (Å²) in [4.78, 5) is 4.03. The third-order valence-electron chi connectivity index (χ3n) is 3.85. The summed E-state index contributed by atoms with van der Waals surface area (Å²) in [7, 11) is 0. The Morgan fingerprint density at radius 1 is 1.08 bits per heavy atom. The van der Waals surface area contributed by atoms with E-state index in [1.165, 1.54) is 0 Å². The maximum absolute atomic E-state index is 10.3. The molecule has 24 heavy (non-hydrogen) atoms. The lowest BCUT2D eigenvalue weighted by Crippen LogP contribution is -2.24. The highest BCUT2D eigenvalue weighted by Crippen LogP contribution is 2.20. The zero-order chi connectivity index (χ0) is 16.9. The van der Waals surface area contributed by atoms with Crippen LogP contribution < -0.4 is 4.74 Å². The number of nitrogens with zero attached hydrogens (tertiary/aromatic N) is 3. The minimum Gasteiger partial charge on any atom is -0.491 e. The number of benzene rings is 1. The van der Waals surface area contributed by atoms with Crippen LogP contribution in [0.1, 0.15) is 11.1 Å². The summed E-state index contributed by atoms with van der Waals surface area (Å²) in [6.07, 6.45) is 4.57. The fourth-order valence-corrected chi connectivity index (χ4v) is 2.55. The average molecular weight is 323 g/mol. The number of pyridine rings is 1. The van der Waals surface area contributed by atoms with Gasteiger partial charge in [-0.3, -0.25) is 9.67 Å². The third kappa shape index (κ3) is 3.81. The van der Waals surface area contributed by atoms with Gasteiger partial charge in [0.05, 0.1) is 12.2 Å². The van der Waals surface area contributed by atoms with Gasteiger partial charge in [-0.25, -0.2) is 0 Å². The average Bonchev–Trinajstić information content (AvgIpc) is 3.04. The number of aliphatic hydroxyl groups excluding tert-OH is 1. The molecule has 3 rings (SSSR count). The van der Waals surface area contributed by atoms with Gasteiger partial charge >= 0.3 is 0 Å². The second kappa shape index (κ2) is 7.27. The van der Waals surface area contributed by atoms with Crippen LogP contribution in [0.3, 0.4) is 0 Å². The highest BCUT2D eigenvalue weighted by molar-refractivity contribution is 5.58. The fraction of sp³-hybridized carbons (Fsp3) is 0.263. The van der Waals surface area contributed by atoms with Gasteiger partial charge in [0.25, 0.3) is 0 Å². The molecule has 0 unspecified atom stereocenters. The van der Waals surface area contributed by atoms with E-state index in [0.29, 0.717) is 6.54 Å². The van der Waals surface area contributed by atoms with Crippen LogP contribution in [0.15, 0.2) is 55.0 Å². The summed E-state index contributed by atoms with van der Waals surface area (Å²) in [5, 5.41) is 14.6. The Labute approximate surface area is 141 Å². The van der Waals surface area contributed by atoms with E-state index < -0.39 is 6.10 Å². The summed E-state index contributed by atoms with van der Waals surface area (Å²) in [5.74, 6) is 0.809. The quantitative estimate of drug-likeness (QED) is 0.757. The molecule has 0 aliphatic heterocycles. The molecule has 2 heterocycles. The molecule has 1 aromatic carbocycles. The Hall–Kier alpha value is -2.66.